The second-order valence-corrected chi connectivity index (χ2v) is 4.07. The molecule has 0 aliphatic carbocycles. The molecule has 0 radical (unpaired) electrons. The lowest BCUT2D eigenvalue weighted by Gasteiger charge is -2.05. The normalized spacial score (nSPS) is 10.7. The Morgan fingerprint density at radius 2 is 2.18 bits per heavy atom. The van der Waals surface area contributed by atoms with Crippen LogP contribution in [0.1, 0.15) is 5.69 Å². The van der Waals surface area contributed by atoms with Gasteiger partial charge in [-0.3, -0.25) is 0 Å². The summed E-state index contributed by atoms with van der Waals surface area (Å²) in [7, 11) is 1.66. The van der Waals surface area contributed by atoms with E-state index in [2.05, 4.69) is 5.10 Å². The van der Waals surface area contributed by atoms with Crippen molar-refractivity contribution in [1.29, 1.82) is 0 Å². The smallest absolute Gasteiger partial charge is 0.127 e. The van der Waals surface area contributed by atoms with Gasteiger partial charge in [0.1, 0.15) is 5.82 Å². The van der Waals surface area contributed by atoms with Crippen LogP contribution in [0, 0.1) is 0 Å². The van der Waals surface area contributed by atoms with Crippen LogP contribution in [0.5, 0.6) is 0 Å². The minimum atomic E-state index is 0.573. The molecular weight excluding hydrogens is 238 g/mol. The molecule has 17 heavy (non-hydrogen) atoms. The van der Waals surface area contributed by atoms with E-state index in [-0.39, 0.29) is 0 Å². The lowest BCUT2D eigenvalue weighted by atomic mass is 10.3. The van der Waals surface area contributed by atoms with E-state index in [0.717, 1.165) is 17.8 Å². The maximum atomic E-state index is 6.10. The van der Waals surface area contributed by atoms with Crippen molar-refractivity contribution >= 4 is 17.4 Å². The molecule has 0 atom stereocenters. The minimum absolute atomic E-state index is 0.573. The number of nitrogen functional groups attached to an aromatic ring is 1. The molecule has 5 heteroatoms. The summed E-state index contributed by atoms with van der Waals surface area (Å²) in [4.78, 5) is 0. The van der Waals surface area contributed by atoms with Gasteiger partial charge in [0.2, 0.25) is 0 Å². The minimum Gasteiger partial charge on any atom is -0.384 e. The first-order chi connectivity index (χ1) is 8.22. The van der Waals surface area contributed by atoms with E-state index in [4.69, 9.17) is 22.1 Å². The van der Waals surface area contributed by atoms with Crippen LogP contribution in [0.2, 0.25) is 5.02 Å². The highest BCUT2D eigenvalue weighted by molar-refractivity contribution is 6.32. The van der Waals surface area contributed by atoms with Gasteiger partial charge in [-0.2, -0.15) is 5.10 Å². The highest BCUT2D eigenvalue weighted by atomic mass is 35.5. The molecule has 2 aromatic rings. The molecule has 0 fully saturated rings. The Kier molecular flexibility index (Phi) is 3.66. The number of ether oxygens (including phenoxy) is 1. The summed E-state index contributed by atoms with van der Waals surface area (Å²) in [6, 6.07) is 9.30. The number of benzene rings is 1. The highest BCUT2D eigenvalue weighted by Gasteiger charge is 2.09. The van der Waals surface area contributed by atoms with E-state index in [0.29, 0.717) is 17.4 Å². The number of nitrogens with two attached hydrogens (primary N) is 1. The van der Waals surface area contributed by atoms with Gasteiger partial charge in [0.15, 0.2) is 0 Å². The molecule has 2 N–H and O–H groups in total. The first-order valence-electron chi connectivity index (χ1n) is 5.30. The standard InChI is InChI=1S/C12H14ClN3O/c1-17-7-6-9-8-12(14)16(15-9)11-5-3-2-4-10(11)13/h2-5,8H,6-7,14H2,1H3. The van der Waals surface area contributed by atoms with E-state index in [1.807, 2.05) is 30.3 Å². The van der Waals surface area contributed by atoms with Gasteiger partial charge >= 0.3 is 0 Å². The number of aromatic nitrogens is 2. The van der Waals surface area contributed by atoms with Gasteiger partial charge in [0.25, 0.3) is 0 Å². The van der Waals surface area contributed by atoms with Crippen molar-refractivity contribution in [3.8, 4) is 5.69 Å². The van der Waals surface area contributed by atoms with E-state index >= 15 is 0 Å². The summed E-state index contributed by atoms with van der Waals surface area (Å²) in [6.07, 6.45) is 0.734. The largest absolute Gasteiger partial charge is 0.384 e. The van der Waals surface area contributed by atoms with Gasteiger partial charge < -0.3 is 10.5 Å². The second-order valence-electron chi connectivity index (χ2n) is 3.67. The molecule has 1 aromatic heterocycles. The maximum Gasteiger partial charge on any atom is 0.127 e. The first-order valence-corrected chi connectivity index (χ1v) is 5.68. The molecule has 0 unspecified atom stereocenters. The zero-order valence-corrected chi connectivity index (χ0v) is 10.3. The van der Waals surface area contributed by atoms with Crippen molar-refractivity contribution in [3.05, 3.63) is 41.0 Å². The molecule has 0 aliphatic heterocycles. The van der Waals surface area contributed by atoms with Gasteiger partial charge in [-0.25, -0.2) is 4.68 Å². The fraction of sp³-hybridized carbons (Fsp3) is 0.250. The number of para-hydroxylation sites is 1. The molecule has 1 heterocycles. The van der Waals surface area contributed by atoms with Crippen molar-refractivity contribution in [2.45, 2.75) is 6.42 Å². The third kappa shape index (κ3) is 2.60. The quantitative estimate of drug-likeness (QED) is 0.907. The Morgan fingerprint density at radius 1 is 1.41 bits per heavy atom. The Balaban J connectivity index is 2.33. The summed E-state index contributed by atoms with van der Waals surface area (Å²) >= 11 is 6.10. The lowest BCUT2D eigenvalue weighted by Crippen LogP contribution is -2.03. The summed E-state index contributed by atoms with van der Waals surface area (Å²) in [5.74, 6) is 0.573. The molecule has 90 valence electrons. The number of nitrogens with zero attached hydrogens (tertiary/aromatic N) is 2. The molecule has 4 nitrogen and oxygen atoms in total. The van der Waals surface area contributed by atoms with Crippen LogP contribution in [-0.4, -0.2) is 23.5 Å². The molecule has 1 aromatic carbocycles. The molecule has 0 saturated carbocycles. The summed E-state index contributed by atoms with van der Waals surface area (Å²) in [5, 5.41) is 5.03. The number of halogens is 1. The van der Waals surface area contributed by atoms with Gasteiger partial charge in [-0.1, -0.05) is 23.7 Å². The lowest BCUT2D eigenvalue weighted by molar-refractivity contribution is 0.201. The maximum absolute atomic E-state index is 6.10. The van der Waals surface area contributed by atoms with Crippen molar-refractivity contribution < 1.29 is 4.74 Å². The molecule has 0 aliphatic rings. The third-order valence-electron chi connectivity index (χ3n) is 2.43. The highest BCUT2D eigenvalue weighted by Crippen LogP contribution is 2.22. The zero-order chi connectivity index (χ0) is 12.3. The van der Waals surface area contributed by atoms with Crippen molar-refractivity contribution in [2.24, 2.45) is 0 Å². The molecule has 0 amide bonds. The fourth-order valence-corrected chi connectivity index (χ4v) is 1.81. The van der Waals surface area contributed by atoms with Crippen LogP contribution in [0.15, 0.2) is 30.3 Å². The molecule has 0 spiro atoms. The summed E-state index contributed by atoms with van der Waals surface area (Å²) in [5.41, 5.74) is 7.60. The van der Waals surface area contributed by atoms with Crippen LogP contribution in [-0.2, 0) is 11.2 Å². The van der Waals surface area contributed by atoms with Crippen molar-refractivity contribution in [2.75, 3.05) is 19.5 Å². The van der Waals surface area contributed by atoms with Crippen LogP contribution >= 0.6 is 11.6 Å². The van der Waals surface area contributed by atoms with E-state index < -0.39 is 0 Å². The van der Waals surface area contributed by atoms with Crippen LogP contribution < -0.4 is 5.73 Å². The monoisotopic (exact) mass is 251 g/mol. The number of methoxy groups -OCH3 is 1. The number of rotatable bonds is 4. The molecule has 0 bridgehead atoms. The zero-order valence-electron chi connectivity index (χ0n) is 9.56. The molecule has 0 saturated heterocycles. The summed E-state index contributed by atoms with van der Waals surface area (Å²) in [6.45, 7) is 0.624. The average Bonchev–Trinajstić information content (AvgIpc) is 2.68. The Bertz CT molecular complexity index is 510. The SMILES string of the molecule is COCCc1cc(N)n(-c2ccccc2Cl)n1. The van der Waals surface area contributed by atoms with E-state index in [1.54, 1.807) is 11.8 Å². The molecular formula is C12H14ClN3O. The van der Waals surface area contributed by atoms with Crippen molar-refractivity contribution in [3.63, 3.8) is 0 Å². The number of hydrogen-bond acceptors (Lipinski definition) is 3. The molecule has 2 rings (SSSR count). The first kappa shape index (κ1) is 12.0. The number of anilines is 1. The predicted molar refractivity (Wildman–Crippen MR) is 68.6 cm³/mol. The van der Waals surface area contributed by atoms with E-state index in [1.165, 1.54) is 0 Å². The second kappa shape index (κ2) is 5.21. The van der Waals surface area contributed by atoms with Crippen molar-refractivity contribution in [1.82, 2.24) is 9.78 Å². The number of hydrogen-bond donors (Lipinski definition) is 1. The van der Waals surface area contributed by atoms with E-state index in [9.17, 15) is 0 Å². The van der Waals surface area contributed by atoms with Crippen LogP contribution in [0.25, 0.3) is 5.69 Å². The average molecular weight is 252 g/mol. The third-order valence-corrected chi connectivity index (χ3v) is 2.75. The summed E-state index contributed by atoms with van der Waals surface area (Å²) < 4.78 is 6.65. The van der Waals surface area contributed by atoms with Gasteiger partial charge in [0.05, 0.1) is 23.0 Å². The van der Waals surface area contributed by atoms with Crippen LogP contribution in [0.3, 0.4) is 0 Å². The van der Waals surface area contributed by atoms with Gasteiger partial charge in [0, 0.05) is 19.6 Å². The Hall–Kier alpha value is -1.52. The Morgan fingerprint density at radius 3 is 2.88 bits per heavy atom. The Labute approximate surface area is 105 Å². The van der Waals surface area contributed by atoms with Gasteiger partial charge in [-0.05, 0) is 12.1 Å². The van der Waals surface area contributed by atoms with Crippen LogP contribution in [0.4, 0.5) is 5.82 Å². The predicted octanol–water partition coefficient (Wildman–Crippen LogP) is 2.30. The topological polar surface area (TPSA) is 53.1 Å². The fourth-order valence-electron chi connectivity index (χ4n) is 1.59. The van der Waals surface area contributed by atoms with Gasteiger partial charge in [-0.15, -0.1) is 0 Å².